The molecule has 0 aliphatic carbocycles. The van der Waals surface area contributed by atoms with Gasteiger partial charge in [0.1, 0.15) is 20.1 Å². The molecule has 0 aromatic heterocycles. The minimum Gasteiger partial charge on any atom is -0.476 e. The molecule has 0 bridgehead atoms. The maximum Gasteiger partial charge on any atom is 0.358 e. The standard InChI is InChI=1S/C18H21N5O4S/c1-12-15(23-18(28-12)22(2)11-19-23)8-9-20-27-10-13-6-4-5-7-14(13)16(17(24)25)21-26-3/h4-7,9,11,18H,8,10H2,1-3H3,(H,24,25). The summed E-state index contributed by atoms with van der Waals surface area (Å²) in [6, 6.07) is 6.94. The molecule has 0 fully saturated rings. The number of carbonyl (C=O) groups is 1. The van der Waals surface area contributed by atoms with E-state index in [1.165, 1.54) is 12.0 Å². The number of carboxylic acids is 1. The largest absolute Gasteiger partial charge is 0.476 e. The molecule has 3 rings (SSSR count). The number of hydrogen-bond donors (Lipinski definition) is 1. The van der Waals surface area contributed by atoms with E-state index < -0.39 is 5.97 Å². The molecular formula is C18H21N5O4S. The molecule has 0 amide bonds. The summed E-state index contributed by atoms with van der Waals surface area (Å²) in [6.45, 7) is 2.18. The van der Waals surface area contributed by atoms with Crippen molar-refractivity contribution in [2.75, 3.05) is 14.2 Å². The van der Waals surface area contributed by atoms with E-state index in [0.717, 1.165) is 5.70 Å². The van der Waals surface area contributed by atoms with Crippen LogP contribution in [0.4, 0.5) is 0 Å². The number of fused-ring (bicyclic) bond motifs is 1. The van der Waals surface area contributed by atoms with Gasteiger partial charge < -0.3 is 19.7 Å². The molecule has 28 heavy (non-hydrogen) atoms. The number of rotatable bonds is 8. The summed E-state index contributed by atoms with van der Waals surface area (Å²) in [5, 5.41) is 23.3. The molecule has 2 heterocycles. The van der Waals surface area contributed by atoms with Gasteiger partial charge in [-0.15, -0.1) is 0 Å². The predicted molar refractivity (Wildman–Crippen MR) is 108 cm³/mol. The summed E-state index contributed by atoms with van der Waals surface area (Å²) in [7, 11) is 3.29. The summed E-state index contributed by atoms with van der Waals surface area (Å²) < 4.78 is 0. The minimum absolute atomic E-state index is 0.114. The summed E-state index contributed by atoms with van der Waals surface area (Å²) in [5.41, 5.74) is 2.15. The van der Waals surface area contributed by atoms with E-state index in [4.69, 9.17) is 4.84 Å². The molecular weight excluding hydrogens is 382 g/mol. The Morgan fingerprint density at radius 2 is 2.21 bits per heavy atom. The van der Waals surface area contributed by atoms with Gasteiger partial charge in [-0.25, -0.2) is 9.80 Å². The fourth-order valence-electron chi connectivity index (χ4n) is 2.84. The van der Waals surface area contributed by atoms with Crippen LogP contribution < -0.4 is 0 Å². The monoisotopic (exact) mass is 403 g/mol. The van der Waals surface area contributed by atoms with Gasteiger partial charge in [0, 0.05) is 35.7 Å². The van der Waals surface area contributed by atoms with Crippen molar-refractivity contribution in [3.63, 3.8) is 0 Å². The number of nitrogens with zero attached hydrogens (tertiary/aromatic N) is 5. The maximum absolute atomic E-state index is 11.4. The van der Waals surface area contributed by atoms with Crippen LogP contribution in [0.1, 0.15) is 24.5 Å². The van der Waals surface area contributed by atoms with Crippen LogP contribution in [-0.4, -0.2) is 58.9 Å². The third-order valence-corrected chi connectivity index (χ3v) is 5.52. The van der Waals surface area contributed by atoms with Gasteiger partial charge in [-0.2, -0.15) is 5.10 Å². The number of benzene rings is 1. The van der Waals surface area contributed by atoms with Gasteiger partial charge in [0.05, 0.1) is 5.70 Å². The Morgan fingerprint density at radius 1 is 1.43 bits per heavy atom. The van der Waals surface area contributed by atoms with E-state index in [1.807, 2.05) is 17.0 Å². The Kier molecular flexibility index (Phi) is 6.19. The summed E-state index contributed by atoms with van der Waals surface area (Å²) in [5.74, 6) is -1.18. The highest BCUT2D eigenvalue weighted by Gasteiger charge is 2.35. The zero-order valence-corrected chi connectivity index (χ0v) is 16.6. The molecule has 1 unspecified atom stereocenters. The van der Waals surface area contributed by atoms with Crippen molar-refractivity contribution >= 4 is 36.0 Å². The Balaban J connectivity index is 1.60. The topological polar surface area (TPSA) is 99.3 Å². The van der Waals surface area contributed by atoms with Gasteiger partial charge in [-0.1, -0.05) is 46.3 Å². The van der Waals surface area contributed by atoms with E-state index >= 15 is 0 Å². The number of hydrazone groups is 1. The Labute approximate surface area is 166 Å². The number of oxime groups is 2. The van der Waals surface area contributed by atoms with E-state index in [9.17, 15) is 9.90 Å². The zero-order chi connectivity index (χ0) is 20.1. The van der Waals surface area contributed by atoms with Crippen LogP contribution in [0.2, 0.25) is 0 Å². The van der Waals surface area contributed by atoms with Crippen molar-refractivity contribution in [1.82, 2.24) is 9.91 Å². The molecule has 10 heteroatoms. The lowest BCUT2D eigenvalue weighted by Gasteiger charge is -2.21. The van der Waals surface area contributed by atoms with Gasteiger partial charge >= 0.3 is 5.97 Å². The Hall–Kier alpha value is -3.01. The van der Waals surface area contributed by atoms with Crippen LogP contribution >= 0.6 is 11.8 Å². The molecule has 1 N–H and O–H groups in total. The average Bonchev–Trinajstić information content (AvgIpc) is 3.18. The first kappa shape index (κ1) is 19.7. The first-order chi connectivity index (χ1) is 13.5. The number of aliphatic carboxylic acids is 1. The zero-order valence-electron chi connectivity index (χ0n) is 15.8. The smallest absolute Gasteiger partial charge is 0.358 e. The molecule has 2 aliphatic rings. The van der Waals surface area contributed by atoms with Gasteiger partial charge in [-0.05, 0) is 6.92 Å². The quantitative estimate of drug-likeness (QED) is 0.526. The lowest BCUT2D eigenvalue weighted by molar-refractivity contribution is -0.129. The van der Waals surface area contributed by atoms with Crippen molar-refractivity contribution in [1.29, 1.82) is 0 Å². The first-order valence-electron chi connectivity index (χ1n) is 8.51. The highest BCUT2D eigenvalue weighted by atomic mass is 32.2. The van der Waals surface area contributed by atoms with Gasteiger partial charge in [-0.3, -0.25) is 0 Å². The number of carboxylic acid groups (broad SMARTS) is 1. The van der Waals surface area contributed by atoms with Crippen LogP contribution in [0, 0.1) is 0 Å². The SMILES string of the molecule is CON=C(C(=O)O)c1ccccc1CON=CCC1=C(C)SC2N(C)C=NN12. The molecule has 1 aromatic rings. The molecule has 1 atom stereocenters. The lowest BCUT2D eigenvalue weighted by Crippen LogP contribution is -2.30. The maximum atomic E-state index is 11.4. The van der Waals surface area contributed by atoms with Crippen molar-refractivity contribution < 1.29 is 19.6 Å². The number of allylic oxidation sites excluding steroid dienone is 2. The molecule has 148 valence electrons. The third kappa shape index (κ3) is 4.11. The van der Waals surface area contributed by atoms with Crippen molar-refractivity contribution in [2.45, 2.75) is 25.4 Å². The lowest BCUT2D eigenvalue weighted by atomic mass is 10.0. The fourth-order valence-corrected chi connectivity index (χ4v) is 3.97. The molecule has 9 nitrogen and oxygen atoms in total. The molecule has 0 saturated heterocycles. The number of hydrogen-bond acceptors (Lipinski definition) is 9. The fraction of sp³-hybridized carbons (Fsp3) is 0.333. The van der Waals surface area contributed by atoms with Gasteiger partial charge in [0.2, 0.25) is 0 Å². The second kappa shape index (κ2) is 8.79. The summed E-state index contributed by atoms with van der Waals surface area (Å²) >= 11 is 1.75. The molecule has 2 aliphatic heterocycles. The second-order valence-electron chi connectivity index (χ2n) is 6.04. The van der Waals surface area contributed by atoms with E-state index in [-0.39, 0.29) is 17.8 Å². The predicted octanol–water partition coefficient (Wildman–Crippen LogP) is 2.47. The van der Waals surface area contributed by atoms with E-state index in [1.54, 1.807) is 48.6 Å². The van der Waals surface area contributed by atoms with Crippen LogP contribution in [0.25, 0.3) is 0 Å². The van der Waals surface area contributed by atoms with E-state index in [0.29, 0.717) is 17.5 Å². The number of thioether (sulfide) groups is 1. The highest BCUT2D eigenvalue weighted by Crippen LogP contribution is 2.41. The third-order valence-electron chi connectivity index (χ3n) is 4.19. The van der Waals surface area contributed by atoms with Crippen LogP contribution in [0.5, 0.6) is 0 Å². The minimum atomic E-state index is -1.18. The van der Waals surface area contributed by atoms with Crippen LogP contribution in [-0.2, 0) is 21.1 Å². The Bertz CT molecular complexity index is 867. The normalized spacial score (nSPS) is 19.0. The molecule has 0 spiro atoms. The second-order valence-corrected chi connectivity index (χ2v) is 7.31. The van der Waals surface area contributed by atoms with Crippen LogP contribution in [0.3, 0.4) is 0 Å². The van der Waals surface area contributed by atoms with Gasteiger partial charge in [0.15, 0.2) is 11.2 Å². The van der Waals surface area contributed by atoms with E-state index in [2.05, 4.69) is 27.2 Å². The van der Waals surface area contributed by atoms with Crippen molar-refractivity contribution in [3.05, 3.63) is 46.0 Å². The first-order valence-corrected chi connectivity index (χ1v) is 9.39. The van der Waals surface area contributed by atoms with Gasteiger partial charge in [0.25, 0.3) is 0 Å². The van der Waals surface area contributed by atoms with Crippen molar-refractivity contribution in [2.24, 2.45) is 15.4 Å². The summed E-state index contributed by atoms with van der Waals surface area (Å²) in [6.07, 6.45) is 4.07. The Morgan fingerprint density at radius 3 is 2.96 bits per heavy atom. The van der Waals surface area contributed by atoms with Crippen LogP contribution in [0.15, 0.2) is 50.3 Å². The summed E-state index contributed by atoms with van der Waals surface area (Å²) in [4.78, 5) is 24.7. The average molecular weight is 403 g/mol. The molecule has 0 radical (unpaired) electrons. The molecule has 1 aromatic carbocycles. The van der Waals surface area contributed by atoms with Crippen molar-refractivity contribution in [3.8, 4) is 0 Å². The highest BCUT2D eigenvalue weighted by molar-refractivity contribution is 8.03. The molecule has 0 saturated carbocycles.